The summed E-state index contributed by atoms with van der Waals surface area (Å²) in [6, 6.07) is 22.3. The summed E-state index contributed by atoms with van der Waals surface area (Å²) >= 11 is 0. The number of halogens is 1. The van der Waals surface area contributed by atoms with Crippen molar-refractivity contribution in [3.63, 3.8) is 0 Å². The zero-order chi connectivity index (χ0) is 19.9. The first-order valence-electron chi connectivity index (χ1n) is 9.70. The molecule has 1 aliphatic rings. The highest BCUT2D eigenvalue weighted by molar-refractivity contribution is 5.82. The van der Waals surface area contributed by atoms with E-state index in [9.17, 15) is 4.39 Å². The van der Waals surface area contributed by atoms with E-state index in [1.807, 2.05) is 42.6 Å². The van der Waals surface area contributed by atoms with Crippen molar-refractivity contribution in [1.29, 1.82) is 0 Å². The number of rotatable bonds is 6. The standard InChI is InChI=1S/C24H23FN2O2/c25-21-5-1-20(2-6-21)18-29-24-11-3-19(4-12-24)17-26-22-7-9-23(10-8-22)27-13-15-28-16-14-27/h1-12,17H,13-16,18H2. The Morgan fingerprint density at radius 2 is 1.59 bits per heavy atom. The zero-order valence-electron chi connectivity index (χ0n) is 16.1. The second-order valence-electron chi connectivity index (χ2n) is 6.86. The number of nitrogens with zero attached hydrogens (tertiary/aromatic N) is 2. The average Bonchev–Trinajstić information content (AvgIpc) is 2.79. The third-order valence-corrected chi connectivity index (χ3v) is 4.79. The number of hydrogen-bond acceptors (Lipinski definition) is 4. The van der Waals surface area contributed by atoms with Crippen molar-refractivity contribution in [2.24, 2.45) is 4.99 Å². The molecule has 0 radical (unpaired) electrons. The van der Waals surface area contributed by atoms with Crippen LogP contribution in [0.25, 0.3) is 0 Å². The number of anilines is 1. The van der Waals surface area contributed by atoms with Crippen LogP contribution in [0.3, 0.4) is 0 Å². The van der Waals surface area contributed by atoms with E-state index in [2.05, 4.69) is 22.0 Å². The van der Waals surface area contributed by atoms with Gasteiger partial charge in [-0.1, -0.05) is 12.1 Å². The van der Waals surface area contributed by atoms with Gasteiger partial charge in [0, 0.05) is 25.0 Å². The molecule has 148 valence electrons. The monoisotopic (exact) mass is 390 g/mol. The summed E-state index contributed by atoms with van der Waals surface area (Å²) in [5.74, 6) is 0.523. The molecule has 29 heavy (non-hydrogen) atoms. The summed E-state index contributed by atoms with van der Waals surface area (Å²) in [5.41, 5.74) is 4.04. The molecule has 0 spiro atoms. The summed E-state index contributed by atoms with van der Waals surface area (Å²) in [5, 5.41) is 0. The van der Waals surface area contributed by atoms with Crippen molar-refractivity contribution in [2.75, 3.05) is 31.2 Å². The zero-order valence-corrected chi connectivity index (χ0v) is 16.1. The van der Waals surface area contributed by atoms with Gasteiger partial charge in [-0.3, -0.25) is 4.99 Å². The Hall–Kier alpha value is -3.18. The third-order valence-electron chi connectivity index (χ3n) is 4.79. The third kappa shape index (κ3) is 5.42. The predicted molar refractivity (Wildman–Crippen MR) is 114 cm³/mol. The maximum Gasteiger partial charge on any atom is 0.123 e. The lowest BCUT2D eigenvalue weighted by atomic mass is 10.2. The van der Waals surface area contributed by atoms with E-state index < -0.39 is 0 Å². The van der Waals surface area contributed by atoms with Gasteiger partial charge in [0.25, 0.3) is 0 Å². The van der Waals surface area contributed by atoms with E-state index in [1.165, 1.54) is 17.8 Å². The molecule has 4 nitrogen and oxygen atoms in total. The van der Waals surface area contributed by atoms with Crippen LogP contribution in [-0.2, 0) is 11.3 Å². The lowest BCUT2D eigenvalue weighted by Crippen LogP contribution is -2.36. The minimum atomic E-state index is -0.242. The minimum absolute atomic E-state index is 0.242. The van der Waals surface area contributed by atoms with Crippen molar-refractivity contribution in [2.45, 2.75) is 6.61 Å². The quantitative estimate of drug-likeness (QED) is 0.556. The number of benzene rings is 3. The Bertz CT molecular complexity index is 932. The van der Waals surface area contributed by atoms with Crippen LogP contribution in [0.1, 0.15) is 11.1 Å². The van der Waals surface area contributed by atoms with E-state index in [4.69, 9.17) is 9.47 Å². The van der Waals surface area contributed by atoms with Crippen molar-refractivity contribution in [3.8, 4) is 5.75 Å². The molecule has 0 amide bonds. The summed E-state index contributed by atoms with van der Waals surface area (Å²) in [6.07, 6.45) is 1.84. The van der Waals surface area contributed by atoms with Gasteiger partial charge in [0.15, 0.2) is 0 Å². The molecule has 3 aromatic carbocycles. The first-order valence-corrected chi connectivity index (χ1v) is 9.70. The second-order valence-corrected chi connectivity index (χ2v) is 6.86. The van der Waals surface area contributed by atoms with Gasteiger partial charge in [-0.05, 0) is 71.8 Å². The van der Waals surface area contributed by atoms with E-state index in [0.29, 0.717) is 6.61 Å². The molecule has 0 saturated carbocycles. The predicted octanol–water partition coefficient (Wildman–Crippen LogP) is 4.99. The molecule has 1 fully saturated rings. The molecule has 1 heterocycles. The van der Waals surface area contributed by atoms with E-state index in [0.717, 1.165) is 48.9 Å². The van der Waals surface area contributed by atoms with E-state index >= 15 is 0 Å². The smallest absolute Gasteiger partial charge is 0.123 e. The summed E-state index contributed by atoms with van der Waals surface area (Å²) < 4.78 is 24.1. The second kappa shape index (κ2) is 9.34. The molecule has 5 heteroatoms. The van der Waals surface area contributed by atoms with Crippen LogP contribution >= 0.6 is 0 Å². The normalized spacial score (nSPS) is 14.3. The van der Waals surface area contributed by atoms with E-state index in [1.54, 1.807) is 12.1 Å². The highest BCUT2D eigenvalue weighted by atomic mass is 19.1. The summed E-state index contributed by atoms with van der Waals surface area (Å²) in [6.45, 7) is 3.83. The largest absolute Gasteiger partial charge is 0.489 e. The number of aliphatic imine (C=N–C) groups is 1. The molecule has 3 aromatic rings. The van der Waals surface area contributed by atoms with Gasteiger partial charge < -0.3 is 14.4 Å². The van der Waals surface area contributed by atoms with Gasteiger partial charge in [-0.15, -0.1) is 0 Å². The minimum Gasteiger partial charge on any atom is -0.489 e. The van der Waals surface area contributed by atoms with E-state index in [-0.39, 0.29) is 5.82 Å². The number of morpholine rings is 1. The average molecular weight is 390 g/mol. The van der Waals surface area contributed by atoms with Crippen molar-refractivity contribution < 1.29 is 13.9 Å². The number of hydrogen-bond donors (Lipinski definition) is 0. The van der Waals surface area contributed by atoms with Gasteiger partial charge in [-0.25, -0.2) is 4.39 Å². The molecule has 1 saturated heterocycles. The highest BCUT2D eigenvalue weighted by Gasteiger charge is 2.10. The Morgan fingerprint density at radius 1 is 0.897 bits per heavy atom. The molecule has 0 unspecified atom stereocenters. The van der Waals surface area contributed by atoms with Gasteiger partial charge in [0.05, 0.1) is 18.9 Å². The van der Waals surface area contributed by atoms with Crippen LogP contribution in [0, 0.1) is 5.82 Å². The maximum absolute atomic E-state index is 12.9. The van der Waals surface area contributed by atoms with Gasteiger partial charge >= 0.3 is 0 Å². The SMILES string of the molecule is Fc1ccc(COc2ccc(C=Nc3ccc(N4CCOCC4)cc3)cc2)cc1. The topological polar surface area (TPSA) is 34.1 Å². The van der Waals surface area contributed by atoms with Crippen LogP contribution in [0.5, 0.6) is 5.75 Å². The lowest BCUT2D eigenvalue weighted by Gasteiger charge is -2.28. The Kier molecular flexibility index (Phi) is 6.17. The van der Waals surface area contributed by atoms with Crippen LogP contribution < -0.4 is 9.64 Å². The van der Waals surface area contributed by atoms with Gasteiger partial charge in [-0.2, -0.15) is 0 Å². The van der Waals surface area contributed by atoms with Crippen LogP contribution in [0.4, 0.5) is 15.8 Å². The van der Waals surface area contributed by atoms with Crippen molar-refractivity contribution in [3.05, 3.63) is 89.7 Å². The van der Waals surface area contributed by atoms with Crippen molar-refractivity contribution >= 4 is 17.6 Å². The Labute approximate surface area is 170 Å². The molecule has 1 aliphatic heterocycles. The Morgan fingerprint density at radius 3 is 2.28 bits per heavy atom. The van der Waals surface area contributed by atoms with Gasteiger partial charge in [0.2, 0.25) is 0 Å². The van der Waals surface area contributed by atoms with Crippen LogP contribution in [0.15, 0.2) is 77.8 Å². The highest BCUT2D eigenvalue weighted by Crippen LogP contribution is 2.21. The molecule has 0 bridgehead atoms. The molecule has 0 aromatic heterocycles. The first kappa shape index (κ1) is 19.2. The Balaban J connectivity index is 1.32. The molecular formula is C24H23FN2O2. The maximum atomic E-state index is 12.9. The summed E-state index contributed by atoms with van der Waals surface area (Å²) in [4.78, 5) is 6.87. The van der Waals surface area contributed by atoms with Gasteiger partial charge in [0.1, 0.15) is 18.2 Å². The summed E-state index contributed by atoms with van der Waals surface area (Å²) in [7, 11) is 0. The van der Waals surface area contributed by atoms with Crippen molar-refractivity contribution in [1.82, 2.24) is 0 Å². The molecule has 0 atom stereocenters. The number of ether oxygens (including phenoxy) is 2. The van der Waals surface area contributed by atoms with Crippen LogP contribution in [-0.4, -0.2) is 32.5 Å². The molecule has 4 rings (SSSR count). The van der Waals surface area contributed by atoms with Crippen LogP contribution in [0.2, 0.25) is 0 Å². The molecule has 0 aliphatic carbocycles. The fraction of sp³-hybridized carbons (Fsp3) is 0.208. The molecule has 0 N–H and O–H groups in total. The fourth-order valence-electron chi connectivity index (χ4n) is 3.12. The molecular weight excluding hydrogens is 367 g/mol. The first-order chi connectivity index (χ1) is 14.3. The fourth-order valence-corrected chi connectivity index (χ4v) is 3.12. The lowest BCUT2D eigenvalue weighted by molar-refractivity contribution is 0.122.